The van der Waals surface area contributed by atoms with Crippen molar-refractivity contribution in [3.63, 3.8) is 0 Å². The zero-order valence-corrected chi connectivity index (χ0v) is 23.1. The minimum atomic E-state index is -0.677. The Morgan fingerprint density at radius 2 is 2.05 bits per heavy atom. The zero-order chi connectivity index (χ0) is 26.1. The molecule has 37 heavy (non-hydrogen) atoms. The zero-order valence-electron chi connectivity index (χ0n) is 20.7. The third-order valence-electron chi connectivity index (χ3n) is 6.29. The predicted molar refractivity (Wildman–Crippen MR) is 149 cm³/mol. The molecule has 0 aliphatic carbocycles. The van der Waals surface area contributed by atoms with E-state index in [-0.39, 0.29) is 12.2 Å². The molecule has 1 aliphatic rings. The molecule has 4 aromatic rings. The highest BCUT2D eigenvalue weighted by Gasteiger charge is 2.34. The van der Waals surface area contributed by atoms with E-state index in [9.17, 15) is 9.59 Å². The molecule has 9 heteroatoms. The molecule has 0 spiro atoms. The molecule has 0 radical (unpaired) electrons. The molecule has 0 fully saturated rings. The number of carbonyl (C=O) groups is 1. The Labute approximate surface area is 225 Å². The number of aromatic nitrogens is 2. The summed E-state index contributed by atoms with van der Waals surface area (Å²) in [5, 5.41) is 1.03. The fourth-order valence-electron chi connectivity index (χ4n) is 4.64. The number of fused-ring (bicyclic) bond motifs is 2. The lowest BCUT2D eigenvalue weighted by Crippen LogP contribution is -2.40. The summed E-state index contributed by atoms with van der Waals surface area (Å²) in [7, 11) is 1.59. The lowest BCUT2D eigenvalue weighted by Gasteiger charge is -2.26. The SMILES string of the molecule is CCCC1=C(C(=O)OCC)C(c2ccc(OC)c(Br)c2)n2c(s/c(=C/c3c[nH]c4ccccc34)c2=O)=N1. The van der Waals surface area contributed by atoms with Crippen LogP contribution in [0.1, 0.15) is 43.9 Å². The first-order valence-corrected chi connectivity index (χ1v) is 13.7. The number of halogens is 1. The summed E-state index contributed by atoms with van der Waals surface area (Å²) < 4.78 is 13.8. The Balaban J connectivity index is 1.77. The van der Waals surface area contributed by atoms with Crippen LogP contribution < -0.4 is 19.6 Å². The number of ether oxygens (including phenoxy) is 2. The first-order valence-electron chi connectivity index (χ1n) is 12.1. The van der Waals surface area contributed by atoms with E-state index in [1.807, 2.05) is 61.7 Å². The highest BCUT2D eigenvalue weighted by atomic mass is 79.9. The van der Waals surface area contributed by atoms with E-state index in [0.29, 0.717) is 32.8 Å². The van der Waals surface area contributed by atoms with E-state index in [2.05, 4.69) is 20.9 Å². The van der Waals surface area contributed by atoms with Crippen LogP contribution in [0.5, 0.6) is 5.75 Å². The van der Waals surface area contributed by atoms with Crippen LogP contribution >= 0.6 is 27.3 Å². The molecule has 2 aromatic carbocycles. The van der Waals surface area contributed by atoms with Gasteiger partial charge in [-0.1, -0.05) is 48.9 Å². The molecule has 1 N–H and O–H groups in total. The van der Waals surface area contributed by atoms with Crippen molar-refractivity contribution < 1.29 is 14.3 Å². The second-order valence-corrected chi connectivity index (χ2v) is 10.5. The van der Waals surface area contributed by atoms with Gasteiger partial charge in [-0.05, 0) is 59.1 Å². The number of methoxy groups -OCH3 is 1. The normalized spacial score (nSPS) is 15.6. The van der Waals surface area contributed by atoms with Gasteiger partial charge >= 0.3 is 5.97 Å². The van der Waals surface area contributed by atoms with E-state index >= 15 is 0 Å². The molecule has 190 valence electrons. The van der Waals surface area contributed by atoms with Crippen LogP contribution in [0, 0.1) is 0 Å². The fourth-order valence-corrected chi connectivity index (χ4v) is 6.21. The fraction of sp³-hybridized carbons (Fsp3) is 0.250. The summed E-state index contributed by atoms with van der Waals surface area (Å²) >= 11 is 4.89. The second kappa shape index (κ2) is 10.5. The van der Waals surface area contributed by atoms with E-state index in [1.165, 1.54) is 11.3 Å². The Morgan fingerprint density at radius 3 is 2.78 bits per heavy atom. The molecule has 7 nitrogen and oxygen atoms in total. The van der Waals surface area contributed by atoms with Crippen molar-refractivity contribution in [2.45, 2.75) is 32.7 Å². The van der Waals surface area contributed by atoms with Crippen LogP contribution in [-0.4, -0.2) is 29.2 Å². The molecule has 0 saturated carbocycles. The Kier molecular flexibility index (Phi) is 7.17. The maximum Gasteiger partial charge on any atom is 0.338 e. The summed E-state index contributed by atoms with van der Waals surface area (Å²) in [5.41, 5.74) is 3.52. The number of hydrogen-bond donors (Lipinski definition) is 1. The maximum absolute atomic E-state index is 13.9. The van der Waals surface area contributed by atoms with Crippen molar-refractivity contribution in [1.82, 2.24) is 9.55 Å². The molecule has 5 rings (SSSR count). The lowest BCUT2D eigenvalue weighted by atomic mass is 9.94. The Morgan fingerprint density at radius 1 is 1.24 bits per heavy atom. The molecule has 3 heterocycles. The summed E-state index contributed by atoms with van der Waals surface area (Å²) in [6.07, 6.45) is 5.17. The van der Waals surface area contributed by atoms with Gasteiger partial charge in [0.1, 0.15) is 5.75 Å². The first-order chi connectivity index (χ1) is 18.0. The van der Waals surface area contributed by atoms with Gasteiger partial charge in [0, 0.05) is 22.7 Å². The van der Waals surface area contributed by atoms with Gasteiger partial charge in [0.05, 0.1) is 40.0 Å². The van der Waals surface area contributed by atoms with Crippen molar-refractivity contribution in [1.29, 1.82) is 0 Å². The molecule has 1 unspecified atom stereocenters. The van der Waals surface area contributed by atoms with Gasteiger partial charge in [-0.3, -0.25) is 9.36 Å². The number of nitrogens with one attached hydrogen (secondary N) is 1. The summed E-state index contributed by atoms with van der Waals surface area (Å²) in [5.74, 6) is 0.198. The van der Waals surface area contributed by atoms with Gasteiger partial charge < -0.3 is 14.5 Å². The van der Waals surface area contributed by atoms with Gasteiger partial charge in [0.25, 0.3) is 5.56 Å². The minimum Gasteiger partial charge on any atom is -0.496 e. The van der Waals surface area contributed by atoms with Crippen molar-refractivity contribution in [3.8, 4) is 5.75 Å². The van der Waals surface area contributed by atoms with Crippen LogP contribution in [-0.2, 0) is 9.53 Å². The third kappa shape index (κ3) is 4.57. The first kappa shape index (κ1) is 25.2. The molecule has 2 aromatic heterocycles. The molecule has 0 amide bonds. The quantitative estimate of drug-likeness (QED) is 0.318. The standard InChI is InChI=1S/C28H26BrN3O4S/c1-4-8-21-24(27(34)36-5-2)25(16-11-12-22(35-3)19(29)13-16)32-26(33)23(37-28(32)31-21)14-17-15-30-20-10-7-6-9-18(17)20/h6-7,9-15,25,30H,4-5,8H2,1-3H3/b23-14+. The number of allylic oxidation sites excluding steroid dienone is 1. The third-order valence-corrected chi connectivity index (χ3v) is 7.89. The number of carbonyl (C=O) groups excluding carboxylic acids is 1. The minimum absolute atomic E-state index is 0.205. The summed E-state index contributed by atoms with van der Waals surface area (Å²) in [6, 6.07) is 12.9. The topological polar surface area (TPSA) is 85.7 Å². The van der Waals surface area contributed by atoms with E-state index < -0.39 is 12.0 Å². The number of H-pyrrole nitrogens is 1. The van der Waals surface area contributed by atoms with Crippen molar-refractivity contribution in [2.24, 2.45) is 4.99 Å². The van der Waals surface area contributed by atoms with Crippen molar-refractivity contribution in [2.75, 3.05) is 13.7 Å². The number of thiazole rings is 1. The monoisotopic (exact) mass is 579 g/mol. The average Bonchev–Trinajstić information content (AvgIpc) is 3.44. The predicted octanol–water partition coefficient (Wildman–Crippen LogP) is 4.83. The Hall–Kier alpha value is -3.43. The van der Waals surface area contributed by atoms with Crippen molar-refractivity contribution >= 4 is 50.2 Å². The molecular formula is C28H26BrN3O4S. The highest BCUT2D eigenvalue weighted by molar-refractivity contribution is 9.10. The summed E-state index contributed by atoms with van der Waals surface area (Å²) in [4.78, 5) is 35.9. The molecule has 0 saturated heterocycles. The highest BCUT2D eigenvalue weighted by Crippen LogP contribution is 2.36. The molecule has 1 atom stereocenters. The van der Waals surface area contributed by atoms with E-state index in [4.69, 9.17) is 14.5 Å². The van der Waals surface area contributed by atoms with Crippen LogP contribution in [0.15, 0.2) is 74.2 Å². The van der Waals surface area contributed by atoms with Gasteiger partial charge in [0.2, 0.25) is 0 Å². The van der Waals surface area contributed by atoms with Crippen LogP contribution in [0.25, 0.3) is 17.0 Å². The van der Waals surface area contributed by atoms with Crippen LogP contribution in [0.3, 0.4) is 0 Å². The number of rotatable bonds is 7. The molecule has 1 aliphatic heterocycles. The van der Waals surface area contributed by atoms with E-state index in [0.717, 1.165) is 32.9 Å². The number of aromatic amines is 1. The van der Waals surface area contributed by atoms with Crippen LogP contribution in [0.2, 0.25) is 0 Å². The largest absolute Gasteiger partial charge is 0.496 e. The summed E-state index contributed by atoms with van der Waals surface area (Å²) in [6.45, 7) is 4.04. The van der Waals surface area contributed by atoms with E-state index in [1.54, 1.807) is 18.6 Å². The molecular weight excluding hydrogens is 554 g/mol. The van der Waals surface area contributed by atoms with Crippen molar-refractivity contribution in [3.05, 3.63) is 95.2 Å². The number of nitrogens with zero attached hydrogens (tertiary/aromatic N) is 2. The van der Waals surface area contributed by atoms with Gasteiger partial charge in [-0.15, -0.1) is 0 Å². The Bertz CT molecular complexity index is 1710. The average molecular weight is 581 g/mol. The molecule has 0 bridgehead atoms. The smallest absolute Gasteiger partial charge is 0.338 e. The lowest BCUT2D eigenvalue weighted by molar-refractivity contribution is -0.139. The van der Waals surface area contributed by atoms with Gasteiger partial charge in [-0.2, -0.15) is 0 Å². The number of hydrogen-bond acceptors (Lipinski definition) is 6. The van der Waals surface area contributed by atoms with Gasteiger partial charge in [-0.25, -0.2) is 9.79 Å². The number of esters is 1. The number of benzene rings is 2. The van der Waals surface area contributed by atoms with Gasteiger partial charge in [0.15, 0.2) is 4.80 Å². The second-order valence-electron chi connectivity index (χ2n) is 8.60. The number of para-hydroxylation sites is 1. The maximum atomic E-state index is 13.9. The van der Waals surface area contributed by atoms with Crippen LogP contribution in [0.4, 0.5) is 0 Å².